The Morgan fingerprint density at radius 3 is 2.43 bits per heavy atom. The summed E-state index contributed by atoms with van der Waals surface area (Å²) in [5, 5.41) is 13.4. The van der Waals surface area contributed by atoms with Gasteiger partial charge in [-0.3, -0.25) is 4.79 Å². The molecule has 2 heterocycles. The van der Waals surface area contributed by atoms with Crippen LogP contribution in [0.4, 0.5) is 13.2 Å². The highest BCUT2D eigenvalue weighted by Crippen LogP contribution is 2.45. The summed E-state index contributed by atoms with van der Waals surface area (Å²) in [5.41, 5.74) is -2.71. The normalized spacial score (nSPS) is 14.1. The summed E-state index contributed by atoms with van der Waals surface area (Å²) in [7, 11) is 1.47. The molecule has 8 heteroatoms. The van der Waals surface area contributed by atoms with Crippen LogP contribution >= 0.6 is 11.3 Å². The molecular weight excluding hydrogens is 475 g/mol. The maximum atomic E-state index is 14.4. The first-order valence-electron chi connectivity index (χ1n) is 11.0. The number of methoxy groups -OCH3 is 1. The number of thiophene rings is 1. The van der Waals surface area contributed by atoms with Crippen LogP contribution in [-0.2, 0) is 12.0 Å². The first kappa shape index (κ1) is 25.0. The lowest BCUT2D eigenvalue weighted by molar-refractivity contribution is -0.271. The smallest absolute Gasteiger partial charge is 0.418 e. The molecule has 2 aromatic heterocycles. The van der Waals surface area contributed by atoms with E-state index in [1.807, 2.05) is 29.6 Å². The fourth-order valence-electron chi connectivity index (χ4n) is 4.58. The van der Waals surface area contributed by atoms with Crippen molar-refractivity contribution >= 4 is 22.2 Å². The molecule has 0 spiro atoms. The zero-order valence-corrected chi connectivity index (χ0v) is 20.4. The van der Waals surface area contributed by atoms with Gasteiger partial charge >= 0.3 is 6.18 Å². The van der Waals surface area contributed by atoms with Crippen molar-refractivity contribution in [3.05, 3.63) is 88.0 Å². The van der Waals surface area contributed by atoms with E-state index in [9.17, 15) is 23.1 Å². The van der Waals surface area contributed by atoms with Crippen molar-refractivity contribution in [3.63, 3.8) is 0 Å². The van der Waals surface area contributed by atoms with Crippen LogP contribution in [-0.4, -0.2) is 28.6 Å². The van der Waals surface area contributed by atoms with E-state index in [0.29, 0.717) is 22.2 Å². The van der Waals surface area contributed by atoms with E-state index in [4.69, 9.17) is 4.74 Å². The predicted octanol–water partition coefficient (Wildman–Crippen LogP) is 6.40. The molecule has 1 unspecified atom stereocenters. The third-order valence-corrected chi connectivity index (χ3v) is 7.23. The van der Waals surface area contributed by atoms with Gasteiger partial charge in [0.15, 0.2) is 11.0 Å². The Morgan fingerprint density at radius 2 is 1.77 bits per heavy atom. The van der Waals surface area contributed by atoms with Crippen LogP contribution in [0, 0.1) is 0 Å². The number of hydrogen-bond donors (Lipinski definition) is 1. The molecule has 0 amide bonds. The number of benzene rings is 2. The molecule has 2 aromatic carbocycles. The maximum absolute atomic E-state index is 14.4. The topological polar surface area (TPSA) is 51.5 Å². The van der Waals surface area contributed by atoms with Gasteiger partial charge in [-0.25, -0.2) is 0 Å². The quantitative estimate of drug-likeness (QED) is 0.319. The molecule has 0 fully saturated rings. The summed E-state index contributed by atoms with van der Waals surface area (Å²) in [6.07, 6.45) is -4.24. The summed E-state index contributed by atoms with van der Waals surface area (Å²) in [6, 6.07) is 16.9. The molecule has 4 nitrogen and oxygen atoms in total. The van der Waals surface area contributed by atoms with Crippen LogP contribution in [0.15, 0.2) is 77.0 Å². The second kappa shape index (κ2) is 9.17. The van der Waals surface area contributed by atoms with Gasteiger partial charge in [-0.15, -0.1) is 11.3 Å². The molecule has 4 rings (SSSR count). The molecular formula is C27H26F3NO3S. The fourth-order valence-corrected chi connectivity index (χ4v) is 5.31. The standard InChI is InChI=1S/C27H26F3NO3S/c1-25(2,20-15-18(10-11-23(20)34-3)24-9-6-14-35-24)16-26(33,27(28,29)30)17-31-13-12-22(32)19-7-4-5-8-21(19)31/h4-15,33H,16-17H2,1-3H3. The lowest BCUT2D eigenvalue weighted by Crippen LogP contribution is -2.52. The molecule has 0 radical (unpaired) electrons. The van der Waals surface area contributed by atoms with Gasteiger partial charge in [0.25, 0.3) is 0 Å². The second-order valence-corrected chi connectivity index (χ2v) is 10.3. The lowest BCUT2D eigenvalue weighted by atomic mass is 9.74. The summed E-state index contributed by atoms with van der Waals surface area (Å²) in [4.78, 5) is 13.2. The van der Waals surface area contributed by atoms with Gasteiger partial charge in [0.1, 0.15) is 5.75 Å². The largest absolute Gasteiger partial charge is 0.496 e. The molecule has 0 aliphatic heterocycles. The molecule has 0 aliphatic rings. The van der Waals surface area contributed by atoms with Crippen molar-refractivity contribution in [2.24, 2.45) is 0 Å². The van der Waals surface area contributed by atoms with Crippen LogP contribution in [0.3, 0.4) is 0 Å². The average Bonchev–Trinajstić information content (AvgIpc) is 3.35. The molecule has 4 aromatic rings. The Morgan fingerprint density at radius 1 is 1.03 bits per heavy atom. The van der Waals surface area contributed by atoms with E-state index >= 15 is 0 Å². The Labute approximate surface area is 205 Å². The Kier molecular flexibility index (Phi) is 6.55. The van der Waals surface area contributed by atoms with Gasteiger partial charge in [0.05, 0.1) is 19.2 Å². The van der Waals surface area contributed by atoms with Crippen molar-refractivity contribution in [1.29, 1.82) is 0 Å². The van der Waals surface area contributed by atoms with Gasteiger partial charge in [0.2, 0.25) is 0 Å². The molecule has 1 N–H and O–H groups in total. The molecule has 1 atom stereocenters. The molecule has 0 aliphatic carbocycles. The van der Waals surface area contributed by atoms with Crippen molar-refractivity contribution in [3.8, 4) is 16.2 Å². The number of para-hydroxylation sites is 1. The van der Waals surface area contributed by atoms with Gasteiger partial charge < -0.3 is 14.4 Å². The van der Waals surface area contributed by atoms with Crippen LogP contribution < -0.4 is 10.2 Å². The third kappa shape index (κ3) is 4.86. The van der Waals surface area contributed by atoms with E-state index in [1.54, 1.807) is 44.2 Å². The summed E-state index contributed by atoms with van der Waals surface area (Å²) >= 11 is 1.53. The van der Waals surface area contributed by atoms with Crippen molar-refractivity contribution in [2.45, 2.75) is 44.0 Å². The number of halogens is 3. The monoisotopic (exact) mass is 501 g/mol. The highest BCUT2D eigenvalue weighted by atomic mass is 32.1. The van der Waals surface area contributed by atoms with Crippen LogP contribution in [0.5, 0.6) is 5.75 Å². The average molecular weight is 502 g/mol. The zero-order chi connectivity index (χ0) is 25.4. The number of ether oxygens (including phenoxy) is 1. The van der Waals surface area contributed by atoms with Gasteiger partial charge in [-0.2, -0.15) is 13.2 Å². The highest BCUT2D eigenvalue weighted by molar-refractivity contribution is 7.13. The lowest BCUT2D eigenvalue weighted by Gasteiger charge is -2.39. The van der Waals surface area contributed by atoms with E-state index in [2.05, 4.69) is 0 Å². The van der Waals surface area contributed by atoms with E-state index in [1.165, 1.54) is 35.3 Å². The minimum absolute atomic E-state index is 0.289. The summed E-state index contributed by atoms with van der Waals surface area (Å²) in [5.74, 6) is 0.452. The first-order chi connectivity index (χ1) is 16.4. The van der Waals surface area contributed by atoms with E-state index in [0.717, 1.165) is 10.4 Å². The predicted molar refractivity (Wildman–Crippen MR) is 133 cm³/mol. The van der Waals surface area contributed by atoms with Crippen LogP contribution in [0.2, 0.25) is 0 Å². The number of rotatable bonds is 7. The van der Waals surface area contributed by atoms with Crippen molar-refractivity contribution in [1.82, 2.24) is 4.57 Å². The Bertz CT molecular complexity index is 1390. The number of aromatic nitrogens is 1. The third-order valence-electron chi connectivity index (χ3n) is 6.31. The second-order valence-electron chi connectivity index (χ2n) is 9.31. The zero-order valence-electron chi connectivity index (χ0n) is 19.6. The Hall–Kier alpha value is -3.10. The summed E-state index contributed by atoms with van der Waals surface area (Å²) < 4.78 is 50.1. The van der Waals surface area contributed by atoms with Crippen molar-refractivity contribution < 1.29 is 23.0 Å². The minimum Gasteiger partial charge on any atom is -0.496 e. The van der Waals surface area contributed by atoms with Crippen LogP contribution in [0.1, 0.15) is 25.8 Å². The number of aliphatic hydroxyl groups is 1. The minimum atomic E-state index is -4.92. The molecule has 35 heavy (non-hydrogen) atoms. The number of alkyl halides is 3. The maximum Gasteiger partial charge on any atom is 0.418 e. The SMILES string of the molecule is COc1ccc(-c2cccs2)cc1C(C)(C)CC(O)(Cn1ccc(=O)c2ccccc21)C(F)(F)F. The van der Waals surface area contributed by atoms with E-state index < -0.39 is 30.2 Å². The number of nitrogens with zero attached hydrogens (tertiary/aromatic N) is 1. The van der Waals surface area contributed by atoms with Gasteiger partial charge in [-0.1, -0.05) is 32.0 Å². The molecule has 0 saturated carbocycles. The fraction of sp³-hybridized carbons (Fsp3) is 0.296. The molecule has 0 saturated heterocycles. The number of hydrogen-bond acceptors (Lipinski definition) is 4. The highest BCUT2D eigenvalue weighted by Gasteiger charge is 2.56. The molecule has 184 valence electrons. The first-order valence-corrected chi connectivity index (χ1v) is 11.9. The van der Waals surface area contributed by atoms with Crippen molar-refractivity contribution in [2.75, 3.05) is 7.11 Å². The van der Waals surface area contributed by atoms with Gasteiger partial charge in [-0.05, 0) is 59.2 Å². The van der Waals surface area contributed by atoms with Crippen LogP contribution in [0.25, 0.3) is 21.3 Å². The van der Waals surface area contributed by atoms with Gasteiger partial charge in [0, 0.05) is 28.1 Å². The molecule has 0 bridgehead atoms. The Balaban J connectivity index is 1.77. The summed E-state index contributed by atoms with van der Waals surface area (Å²) in [6.45, 7) is 2.58. The van der Waals surface area contributed by atoms with E-state index in [-0.39, 0.29) is 5.43 Å². The number of fused-ring (bicyclic) bond motifs is 1. The number of pyridine rings is 1.